The molecule has 1 saturated heterocycles. The van der Waals surface area contributed by atoms with E-state index in [2.05, 4.69) is 15.1 Å². The van der Waals surface area contributed by atoms with E-state index in [0.717, 1.165) is 38.5 Å². The second-order valence-corrected chi connectivity index (χ2v) is 6.89. The predicted octanol–water partition coefficient (Wildman–Crippen LogP) is 3.11. The number of carbonyl (C=O) groups excluding carboxylic acids is 1. The lowest BCUT2D eigenvalue weighted by molar-refractivity contribution is -0.117. The first kappa shape index (κ1) is 19.6. The van der Waals surface area contributed by atoms with E-state index < -0.39 is 5.82 Å². The normalized spacial score (nSPS) is 15.5. The molecule has 1 aliphatic heterocycles. The van der Waals surface area contributed by atoms with Crippen molar-refractivity contribution in [1.29, 1.82) is 0 Å². The molecular formula is C20H23ClFN3O2. The maximum absolute atomic E-state index is 13.7. The van der Waals surface area contributed by atoms with Crippen LogP contribution in [0.1, 0.15) is 0 Å². The van der Waals surface area contributed by atoms with E-state index in [4.69, 9.17) is 16.3 Å². The van der Waals surface area contributed by atoms with E-state index in [1.807, 2.05) is 30.3 Å². The Labute approximate surface area is 163 Å². The average molecular weight is 392 g/mol. The largest absolute Gasteiger partial charge is 0.492 e. The van der Waals surface area contributed by atoms with Crippen LogP contribution in [0, 0.1) is 5.82 Å². The maximum atomic E-state index is 13.7. The summed E-state index contributed by atoms with van der Waals surface area (Å²) in [4.78, 5) is 16.5. The summed E-state index contributed by atoms with van der Waals surface area (Å²) >= 11 is 5.84. The van der Waals surface area contributed by atoms with Gasteiger partial charge in [0.15, 0.2) is 0 Å². The molecule has 1 N–H and O–H groups in total. The molecule has 0 bridgehead atoms. The van der Waals surface area contributed by atoms with Gasteiger partial charge >= 0.3 is 0 Å². The summed E-state index contributed by atoms with van der Waals surface area (Å²) < 4.78 is 19.4. The van der Waals surface area contributed by atoms with Crippen LogP contribution in [0.3, 0.4) is 0 Å². The van der Waals surface area contributed by atoms with Gasteiger partial charge in [-0.2, -0.15) is 0 Å². The first-order valence-corrected chi connectivity index (χ1v) is 9.35. The van der Waals surface area contributed by atoms with Gasteiger partial charge in [-0.05, 0) is 30.3 Å². The fourth-order valence-corrected chi connectivity index (χ4v) is 3.14. The minimum Gasteiger partial charge on any atom is -0.492 e. The Hall–Kier alpha value is -2.15. The number of ether oxygens (including phenoxy) is 1. The van der Waals surface area contributed by atoms with Gasteiger partial charge in [0.05, 0.1) is 12.2 Å². The Bertz CT molecular complexity index is 752. The number of hydrogen-bond donors (Lipinski definition) is 1. The Morgan fingerprint density at radius 2 is 1.78 bits per heavy atom. The van der Waals surface area contributed by atoms with Crippen LogP contribution < -0.4 is 10.1 Å². The molecule has 0 spiro atoms. The first-order chi connectivity index (χ1) is 13.1. The number of benzene rings is 2. The number of rotatable bonds is 7. The van der Waals surface area contributed by atoms with Gasteiger partial charge < -0.3 is 10.1 Å². The van der Waals surface area contributed by atoms with Crippen molar-refractivity contribution in [3.8, 4) is 5.75 Å². The molecule has 3 rings (SSSR count). The molecular weight excluding hydrogens is 369 g/mol. The zero-order valence-electron chi connectivity index (χ0n) is 15.0. The molecule has 144 valence electrons. The van der Waals surface area contributed by atoms with Gasteiger partial charge in [-0.1, -0.05) is 29.8 Å². The number of piperazine rings is 1. The van der Waals surface area contributed by atoms with Gasteiger partial charge in [-0.25, -0.2) is 4.39 Å². The lowest BCUT2D eigenvalue weighted by atomic mass is 10.3. The van der Waals surface area contributed by atoms with E-state index >= 15 is 0 Å². The lowest BCUT2D eigenvalue weighted by Gasteiger charge is -2.34. The molecule has 0 atom stereocenters. The van der Waals surface area contributed by atoms with Crippen LogP contribution in [0.15, 0.2) is 48.5 Å². The van der Waals surface area contributed by atoms with Crippen molar-refractivity contribution in [3.05, 3.63) is 59.4 Å². The first-order valence-electron chi connectivity index (χ1n) is 8.97. The molecule has 0 aliphatic carbocycles. The molecule has 2 aromatic carbocycles. The Balaban J connectivity index is 1.36. The van der Waals surface area contributed by atoms with Crippen LogP contribution in [0.25, 0.3) is 0 Å². The fraction of sp³-hybridized carbons (Fsp3) is 0.350. The molecule has 2 aromatic rings. The molecule has 1 heterocycles. The number of hydrogen-bond acceptors (Lipinski definition) is 4. The minimum absolute atomic E-state index is 0.115. The standard InChI is InChI=1S/C20H23ClFN3O2/c21-16-6-7-18(22)19(14-16)23-20(26)15-25-10-8-24(9-11-25)12-13-27-17-4-2-1-3-5-17/h1-7,14H,8-13,15H2,(H,23,26). The summed E-state index contributed by atoms with van der Waals surface area (Å²) in [6, 6.07) is 13.9. The van der Waals surface area contributed by atoms with Crippen molar-refractivity contribution >= 4 is 23.2 Å². The van der Waals surface area contributed by atoms with E-state index in [-0.39, 0.29) is 18.1 Å². The number of nitrogens with zero attached hydrogens (tertiary/aromatic N) is 2. The zero-order chi connectivity index (χ0) is 19.1. The molecule has 0 unspecified atom stereocenters. The van der Waals surface area contributed by atoms with Gasteiger partial charge in [0, 0.05) is 37.7 Å². The SMILES string of the molecule is O=C(CN1CCN(CCOc2ccccc2)CC1)Nc1cc(Cl)ccc1F. The topological polar surface area (TPSA) is 44.8 Å². The molecule has 1 amide bonds. The van der Waals surface area contributed by atoms with Crippen molar-refractivity contribution in [2.24, 2.45) is 0 Å². The van der Waals surface area contributed by atoms with Crippen molar-refractivity contribution in [1.82, 2.24) is 9.80 Å². The average Bonchev–Trinajstić information content (AvgIpc) is 2.67. The highest BCUT2D eigenvalue weighted by molar-refractivity contribution is 6.30. The summed E-state index contributed by atoms with van der Waals surface area (Å²) in [7, 11) is 0. The van der Waals surface area contributed by atoms with Crippen molar-refractivity contribution in [3.63, 3.8) is 0 Å². The van der Waals surface area contributed by atoms with E-state index in [1.165, 1.54) is 18.2 Å². The van der Waals surface area contributed by atoms with Crippen molar-refractivity contribution < 1.29 is 13.9 Å². The zero-order valence-corrected chi connectivity index (χ0v) is 15.8. The Morgan fingerprint density at radius 1 is 1.07 bits per heavy atom. The summed E-state index contributed by atoms with van der Waals surface area (Å²) in [6.45, 7) is 5.04. The lowest BCUT2D eigenvalue weighted by Crippen LogP contribution is -2.49. The molecule has 27 heavy (non-hydrogen) atoms. The predicted molar refractivity (Wildman–Crippen MR) is 105 cm³/mol. The molecule has 5 nitrogen and oxygen atoms in total. The van der Waals surface area contributed by atoms with E-state index in [9.17, 15) is 9.18 Å². The van der Waals surface area contributed by atoms with Gasteiger partial charge in [-0.15, -0.1) is 0 Å². The highest BCUT2D eigenvalue weighted by Crippen LogP contribution is 2.19. The molecule has 0 radical (unpaired) electrons. The third-order valence-corrected chi connectivity index (χ3v) is 4.69. The van der Waals surface area contributed by atoms with Crippen LogP contribution in [0.4, 0.5) is 10.1 Å². The third-order valence-electron chi connectivity index (χ3n) is 4.45. The number of nitrogens with one attached hydrogen (secondary N) is 1. The Morgan fingerprint density at radius 3 is 2.52 bits per heavy atom. The summed E-state index contributed by atoms with van der Waals surface area (Å²) in [5.41, 5.74) is 0.115. The molecule has 7 heteroatoms. The van der Waals surface area contributed by atoms with Crippen LogP contribution >= 0.6 is 11.6 Å². The second-order valence-electron chi connectivity index (χ2n) is 6.45. The number of amides is 1. The van der Waals surface area contributed by atoms with Gasteiger partial charge in [0.2, 0.25) is 5.91 Å². The summed E-state index contributed by atoms with van der Waals surface area (Å²) in [5.74, 6) is 0.147. The van der Waals surface area contributed by atoms with Gasteiger partial charge in [-0.3, -0.25) is 14.6 Å². The van der Waals surface area contributed by atoms with Gasteiger partial charge in [0.1, 0.15) is 18.2 Å². The molecule has 1 fully saturated rings. The molecule has 1 aliphatic rings. The third kappa shape index (κ3) is 6.20. The Kier molecular flexibility index (Phi) is 7.04. The fourth-order valence-electron chi connectivity index (χ4n) is 2.97. The number of halogens is 2. The number of para-hydroxylation sites is 1. The van der Waals surface area contributed by atoms with Crippen molar-refractivity contribution in [2.45, 2.75) is 0 Å². The van der Waals surface area contributed by atoms with Crippen molar-refractivity contribution in [2.75, 3.05) is 51.2 Å². The van der Waals surface area contributed by atoms with E-state index in [0.29, 0.717) is 11.6 Å². The highest BCUT2D eigenvalue weighted by Gasteiger charge is 2.19. The van der Waals surface area contributed by atoms with Crippen LogP contribution in [-0.4, -0.2) is 61.6 Å². The smallest absolute Gasteiger partial charge is 0.238 e. The van der Waals surface area contributed by atoms with Crippen LogP contribution in [0.2, 0.25) is 5.02 Å². The van der Waals surface area contributed by atoms with E-state index in [1.54, 1.807) is 0 Å². The summed E-state index contributed by atoms with van der Waals surface area (Å²) in [6.07, 6.45) is 0. The van der Waals surface area contributed by atoms with Crippen LogP contribution in [-0.2, 0) is 4.79 Å². The maximum Gasteiger partial charge on any atom is 0.238 e. The van der Waals surface area contributed by atoms with Crippen LogP contribution in [0.5, 0.6) is 5.75 Å². The summed E-state index contributed by atoms with van der Waals surface area (Å²) in [5, 5.41) is 2.98. The quantitative estimate of drug-likeness (QED) is 0.787. The second kappa shape index (κ2) is 9.69. The molecule has 0 aromatic heterocycles. The minimum atomic E-state index is -0.490. The monoisotopic (exact) mass is 391 g/mol. The number of carbonyl (C=O) groups is 1. The van der Waals surface area contributed by atoms with Gasteiger partial charge in [0.25, 0.3) is 0 Å². The number of anilines is 1. The highest BCUT2D eigenvalue weighted by atomic mass is 35.5. The molecule has 0 saturated carbocycles.